The van der Waals surface area contributed by atoms with Gasteiger partial charge in [0.2, 0.25) is 0 Å². The van der Waals surface area contributed by atoms with Crippen molar-refractivity contribution in [2.75, 3.05) is 0 Å². The van der Waals surface area contributed by atoms with Crippen LogP contribution in [-0.4, -0.2) is 27.1 Å². The van der Waals surface area contributed by atoms with Gasteiger partial charge in [-0.25, -0.2) is 0 Å². The molecule has 0 saturated heterocycles. The molecule has 2 rings (SSSR count). The Morgan fingerprint density at radius 3 is 0.867 bits per heavy atom. The summed E-state index contributed by atoms with van der Waals surface area (Å²) >= 11 is 0. The average molecular weight is 879 g/mol. The molecule has 0 N–H and O–H groups in total. The van der Waals surface area contributed by atoms with Crippen LogP contribution in [0.2, 0.25) is 39.3 Å². The lowest BCUT2D eigenvalue weighted by molar-refractivity contribution is 0.553. The summed E-state index contributed by atoms with van der Waals surface area (Å²) in [5.41, 5.74) is 26.9. The first kappa shape index (κ1) is 54.0. The van der Waals surface area contributed by atoms with Crippen molar-refractivity contribution in [3.8, 4) is 22.9 Å². The first-order valence-electron chi connectivity index (χ1n) is 22.9. The maximum absolute atomic E-state index is 4.16. The predicted molar refractivity (Wildman–Crippen MR) is 285 cm³/mol. The predicted octanol–water partition coefficient (Wildman–Crippen LogP) is 16.1. The Morgan fingerprint density at radius 2 is 0.667 bits per heavy atom. The molecule has 0 heterocycles. The molecule has 2 aromatic rings. The van der Waals surface area contributed by atoms with Crippen molar-refractivity contribution in [1.29, 1.82) is 0 Å². The molecule has 60 heavy (non-hydrogen) atoms. The first-order valence-corrected chi connectivity index (χ1v) is 31.7. The lowest BCUT2D eigenvalue weighted by Crippen LogP contribution is -2.29. The number of unbranched alkanes of at least 4 members (excludes halogenated alkanes) is 2. The molecule has 0 aliphatic heterocycles. The molecule has 0 amide bonds. The fraction of sp³-hybridized carbons (Fsp3) is 0.643. The summed E-state index contributed by atoms with van der Waals surface area (Å²) in [7, 11) is -0.609. The van der Waals surface area contributed by atoms with E-state index in [0.29, 0.717) is 0 Å². The molecule has 0 spiro atoms. The normalized spacial score (nSPS) is 13.3. The minimum absolute atomic E-state index is 0.0117. The van der Waals surface area contributed by atoms with Crippen molar-refractivity contribution >= 4 is 54.1 Å². The Kier molecular flexibility index (Phi) is 18.2. The van der Waals surface area contributed by atoms with Gasteiger partial charge in [0, 0.05) is 34.6 Å². The minimum Gasteiger partial charge on any atom is -0.132 e. The third-order valence-corrected chi connectivity index (χ3v) is 14.6. The van der Waals surface area contributed by atoms with Crippen molar-refractivity contribution in [3.63, 3.8) is 0 Å². The monoisotopic (exact) mass is 879 g/mol. The summed E-state index contributed by atoms with van der Waals surface area (Å²) < 4.78 is 0. The smallest absolute Gasteiger partial charge is 0.129 e. The molecule has 4 heteroatoms. The molecule has 0 atom stereocenters. The van der Waals surface area contributed by atoms with Gasteiger partial charge in [-0.15, -0.1) is 22.9 Å². The summed E-state index contributed by atoms with van der Waals surface area (Å²) in [6.45, 7) is 56.7. The van der Waals surface area contributed by atoms with Crippen LogP contribution < -0.4 is 10.6 Å². The van der Waals surface area contributed by atoms with Crippen LogP contribution in [0.5, 0.6) is 0 Å². The van der Waals surface area contributed by atoms with E-state index >= 15 is 0 Å². The Labute approximate surface area is 378 Å². The molecule has 0 saturated carbocycles. The highest BCUT2D eigenvalue weighted by Crippen LogP contribution is 2.37. The molecule has 0 unspecified atom stereocenters. The Bertz CT molecular complexity index is 1860. The average Bonchev–Trinajstić information content (AvgIpc) is 3.03. The van der Waals surface area contributed by atoms with Gasteiger partial charge in [0.05, 0.1) is 0 Å². The molecule has 0 nitrogen and oxygen atoms in total. The molecule has 0 aromatic heterocycles. The Balaban J connectivity index is 3.27. The number of allylic oxidation sites excluding steroid dienone is 2. The Morgan fingerprint density at radius 1 is 0.417 bits per heavy atom. The molecule has 0 aliphatic carbocycles. The zero-order valence-corrected chi connectivity index (χ0v) is 47.2. The van der Waals surface area contributed by atoms with Crippen molar-refractivity contribution in [1.82, 2.24) is 0 Å². The van der Waals surface area contributed by atoms with Crippen molar-refractivity contribution < 1.29 is 0 Å². The summed E-state index contributed by atoms with van der Waals surface area (Å²) in [4.78, 5) is 0. The van der Waals surface area contributed by atoms with E-state index in [1.54, 1.807) is 0 Å². The van der Waals surface area contributed by atoms with E-state index in [0.717, 1.165) is 54.9 Å². The van der Waals surface area contributed by atoms with Crippen LogP contribution in [0.25, 0.3) is 0 Å². The van der Waals surface area contributed by atoms with E-state index in [-0.39, 0.29) is 32.5 Å². The molecule has 0 aliphatic rings. The maximum Gasteiger partial charge on any atom is 0.129 e. The standard InChI is InChI=1S/C56H88P2Si2/c1-51(2,3)43-35-45(53(7,8)9)49(46(36-43)54(10,11)12)57-39-41(31-27-25-29-33-59(19,20)21)42(32-28-26-30-34-60(22,23)24)40-58-50-47(55(13,14)15)37-44(52(4,5)6)38-48(50)56(16,17)18/h35-38H,25-28,31-32H2,1-24H3. The van der Waals surface area contributed by atoms with Crippen LogP contribution >= 0.6 is 16.4 Å². The van der Waals surface area contributed by atoms with E-state index in [9.17, 15) is 0 Å². The molecule has 0 radical (unpaired) electrons. The van der Waals surface area contributed by atoms with Crippen LogP contribution in [0.15, 0.2) is 35.4 Å². The van der Waals surface area contributed by atoms with Gasteiger partial charge in [0.1, 0.15) is 16.1 Å². The molecule has 0 fully saturated rings. The van der Waals surface area contributed by atoms with Crippen LogP contribution in [-0.2, 0) is 32.5 Å². The fourth-order valence-corrected chi connectivity index (χ4v) is 11.2. The lowest BCUT2D eigenvalue weighted by atomic mass is 9.75. The summed E-state index contributed by atoms with van der Waals surface area (Å²) in [5, 5.41) is 2.83. The zero-order valence-electron chi connectivity index (χ0n) is 43.4. The second kappa shape index (κ2) is 20.2. The molecule has 2 aromatic carbocycles. The number of hydrogen-bond acceptors (Lipinski definition) is 0. The Hall–Kier alpha value is -2.11. The van der Waals surface area contributed by atoms with Gasteiger partial charge in [-0.1, -0.05) is 199 Å². The topological polar surface area (TPSA) is 0 Å². The maximum atomic E-state index is 4.16. The first-order chi connectivity index (χ1) is 26.8. The van der Waals surface area contributed by atoms with Crippen molar-refractivity contribution in [3.05, 3.63) is 68.8 Å². The van der Waals surface area contributed by atoms with Crippen LogP contribution in [0.3, 0.4) is 0 Å². The lowest BCUT2D eigenvalue weighted by Gasteiger charge is -2.32. The van der Waals surface area contributed by atoms with Crippen molar-refractivity contribution in [2.24, 2.45) is 0 Å². The van der Waals surface area contributed by atoms with Crippen molar-refractivity contribution in [2.45, 2.75) is 235 Å². The fourth-order valence-electron chi connectivity index (χ4n) is 6.82. The quantitative estimate of drug-likeness (QED) is 0.0774. The number of rotatable bonds is 9. The van der Waals surface area contributed by atoms with E-state index < -0.39 is 16.1 Å². The molecule has 330 valence electrons. The third-order valence-electron chi connectivity index (χ3n) is 10.5. The SMILES string of the molecule is CC(C)(C)c1cc(C(C)(C)C)c(P=C=C(CCCC#C[Si](C)(C)C)C(=C=Pc2c(C(C)(C)C)cc(C(C)(C)C)cc2C(C)(C)C)CCCC#C[Si](C)(C)C)c(C(C)(C)C)c1. The number of benzene rings is 2. The number of hydrogen-bond donors (Lipinski definition) is 0. The van der Waals surface area contributed by atoms with Gasteiger partial charge in [0.15, 0.2) is 0 Å². The largest absolute Gasteiger partial charge is 0.132 e. The molecule has 0 bridgehead atoms. The van der Waals surface area contributed by atoms with E-state index in [1.807, 2.05) is 0 Å². The van der Waals surface area contributed by atoms with Gasteiger partial charge in [-0.3, -0.25) is 0 Å². The van der Waals surface area contributed by atoms with Gasteiger partial charge < -0.3 is 0 Å². The summed E-state index contributed by atoms with van der Waals surface area (Å²) in [5.74, 6) is 7.18. The van der Waals surface area contributed by atoms with Crippen LogP contribution in [0, 0.1) is 22.9 Å². The highest BCUT2D eigenvalue weighted by Gasteiger charge is 2.30. The molecular formula is C56H88P2Si2. The second-order valence-electron chi connectivity index (χ2n) is 25.6. The van der Waals surface area contributed by atoms with E-state index in [1.165, 1.54) is 55.1 Å². The van der Waals surface area contributed by atoms with E-state index in [4.69, 9.17) is 0 Å². The van der Waals surface area contributed by atoms with Gasteiger partial charge in [-0.05, 0) is 108 Å². The van der Waals surface area contributed by atoms with E-state index in [2.05, 4.69) is 222 Å². The third kappa shape index (κ3) is 17.6. The van der Waals surface area contributed by atoms with Gasteiger partial charge in [-0.2, -0.15) is 0 Å². The summed E-state index contributed by atoms with van der Waals surface area (Å²) in [6, 6.07) is 10.0. The van der Waals surface area contributed by atoms with Gasteiger partial charge >= 0.3 is 0 Å². The molecular weight excluding hydrogens is 791 g/mol. The second-order valence-corrected chi connectivity index (χ2v) is 36.8. The van der Waals surface area contributed by atoms with Crippen LogP contribution in [0.4, 0.5) is 0 Å². The highest BCUT2D eigenvalue weighted by molar-refractivity contribution is 7.47. The zero-order chi connectivity index (χ0) is 46.5. The van der Waals surface area contributed by atoms with Crippen LogP contribution in [0.1, 0.15) is 197 Å². The van der Waals surface area contributed by atoms with Gasteiger partial charge in [0.25, 0.3) is 0 Å². The minimum atomic E-state index is -1.44. The summed E-state index contributed by atoms with van der Waals surface area (Å²) in [6.07, 6.45) is 5.77. The highest BCUT2D eigenvalue weighted by atomic mass is 31.1.